The Hall–Kier alpha value is -3.03. The van der Waals surface area contributed by atoms with Crippen molar-refractivity contribution < 1.29 is 22.8 Å². The number of rotatable bonds is 5. The van der Waals surface area contributed by atoms with Crippen LogP contribution in [0.25, 0.3) is 0 Å². The monoisotopic (exact) mass is 377 g/mol. The van der Waals surface area contributed by atoms with Gasteiger partial charge in [-0.25, -0.2) is 13.2 Å². The van der Waals surface area contributed by atoms with Crippen LogP contribution in [0.2, 0.25) is 0 Å². The fraction of sp³-hybridized carbons (Fsp3) is 0.263. The normalized spacial score (nSPS) is 15.4. The molecule has 0 unspecified atom stereocenters. The van der Waals surface area contributed by atoms with Gasteiger partial charge in [-0.1, -0.05) is 18.2 Å². The van der Waals surface area contributed by atoms with Crippen molar-refractivity contribution in [2.24, 2.45) is 0 Å². The quantitative estimate of drug-likeness (QED) is 0.788. The fourth-order valence-corrected chi connectivity index (χ4v) is 3.08. The molecule has 2 aromatic carbocycles. The van der Waals surface area contributed by atoms with Crippen molar-refractivity contribution >= 4 is 23.2 Å². The maximum Gasteiger partial charge on any atom is 0.243 e. The largest absolute Gasteiger partial charge is 0.359 e. The maximum absolute atomic E-state index is 13.6. The van der Waals surface area contributed by atoms with Crippen molar-refractivity contribution in [3.05, 3.63) is 59.4 Å². The van der Waals surface area contributed by atoms with E-state index in [1.165, 1.54) is 0 Å². The summed E-state index contributed by atoms with van der Waals surface area (Å²) in [6, 6.07) is 9.55. The number of anilines is 2. The summed E-state index contributed by atoms with van der Waals surface area (Å²) < 4.78 is 39.6. The second kappa shape index (κ2) is 7.69. The lowest BCUT2D eigenvalue weighted by Gasteiger charge is -2.24. The molecule has 0 aliphatic carbocycles. The van der Waals surface area contributed by atoms with Gasteiger partial charge in [0.05, 0.1) is 18.8 Å². The Morgan fingerprint density at radius 1 is 1.07 bits per heavy atom. The van der Waals surface area contributed by atoms with E-state index in [4.69, 9.17) is 0 Å². The zero-order chi connectivity index (χ0) is 19.6. The molecule has 2 amide bonds. The summed E-state index contributed by atoms with van der Waals surface area (Å²) >= 11 is 0. The number of carbonyl (C=O) groups excluding carboxylic acids is 2. The summed E-state index contributed by atoms with van der Waals surface area (Å²) in [5, 5.41) is 4.55. The van der Waals surface area contributed by atoms with Gasteiger partial charge < -0.3 is 15.5 Å². The molecular formula is C19H18F3N3O2. The summed E-state index contributed by atoms with van der Waals surface area (Å²) in [6.45, 7) is 1.66. The maximum atomic E-state index is 13.6. The van der Waals surface area contributed by atoms with Gasteiger partial charge in [0.25, 0.3) is 0 Å². The molecule has 3 rings (SSSR count). The van der Waals surface area contributed by atoms with Crippen molar-refractivity contribution in [2.75, 3.05) is 23.3 Å². The number of benzene rings is 2. The molecule has 0 spiro atoms. The Morgan fingerprint density at radius 2 is 1.81 bits per heavy atom. The van der Waals surface area contributed by atoms with Crippen LogP contribution in [-0.2, 0) is 16.0 Å². The number of hydrogen-bond donors (Lipinski definition) is 2. The Morgan fingerprint density at radius 3 is 2.59 bits per heavy atom. The molecule has 0 saturated carbocycles. The molecule has 5 nitrogen and oxygen atoms in total. The van der Waals surface area contributed by atoms with E-state index in [1.807, 2.05) is 36.1 Å². The molecule has 1 aliphatic heterocycles. The van der Waals surface area contributed by atoms with Gasteiger partial charge in [0.2, 0.25) is 11.8 Å². The number of amides is 2. The number of para-hydroxylation sites is 1. The molecule has 0 bridgehead atoms. The highest BCUT2D eigenvalue weighted by atomic mass is 19.2. The smallest absolute Gasteiger partial charge is 0.243 e. The van der Waals surface area contributed by atoms with E-state index in [9.17, 15) is 22.8 Å². The lowest BCUT2D eigenvalue weighted by Crippen LogP contribution is -2.42. The number of nitrogens with one attached hydrogen (secondary N) is 2. The molecule has 1 atom stereocenters. The SMILES string of the molecule is C[C@H]1Cc2ccccc2N1CC(=O)NCC(=O)Nc1ccc(F)c(F)c1F. The average Bonchev–Trinajstić information content (AvgIpc) is 2.96. The lowest BCUT2D eigenvalue weighted by molar-refractivity contribution is -0.123. The topological polar surface area (TPSA) is 61.4 Å². The van der Waals surface area contributed by atoms with Gasteiger partial charge in [-0.15, -0.1) is 0 Å². The number of fused-ring (bicyclic) bond motifs is 1. The van der Waals surface area contributed by atoms with Gasteiger partial charge in [-0.2, -0.15) is 0 Å². The first-order valence-electron chi connectivity index (χ1n) is 8.41. The molecular weight excluding hydrogens is 359 g/mol. The fourth-order valence-electron chi connectivity index (χ4n) is 3.08. The van der Waals surface area contributed by atoms with E-state index in [1.54, 1.807) is 0 Å². The first-order valence-corrected chi connectivity index (χ1v) is 8.41. The first kappa shape index (κ1) is 18.8. The molecule has 1 heterocycles. The predicted octanol–water partition coefficient (Wildman–Crippen LogP) is 2.61. The van der Waals surface area contributed by atoms with E-state index in [0.717, 1.165) is 23.7 Å². The van der Waals surface area contributed by atoms with Crippen LogP contribution in [0.15, 0.2) is 36.4 Å². The highest BCUT2D eigenvalue weighted by molar-refractivity contribution is 5.95. The minimum absolute atomic E-state index is 0.0744. The van der Waals surface area contributed by atoms with Crippen molar-refractivity contribution in [2.45, 2.75) is 19.4 Å². The van der Waals surface area contributed by atoms with Crippen molar-refractivity contribution in [3.8, 4) is 0 Å². The van der Waals surface area contributed by atoms with Crippen molar-refractivity contribution in [1.29, 1.82) is 0 Å². The van der Waals surface area contributed by atoms with Crippen LogP contribution in [0.1, 0.15) is 12.5 Å². The van der Waals surface area contributed by atoms with Crippen LogP contribution in [0.5, 0.6) is 0 Å². The van der Waals surface area contributed by atoms with E-state index in [2.05, 4.69) is 10.6 Å². The van der Waals surface area contributed by atoms with Crippen LogP contribution in [-0.4, -0.2) is 30.9 Å². The summed E-state index contributed by atoms with van der Waals surface area (Å²) in [5.74, 6) is -5.63. The van der Waals surface area contributed by atoms with Crippen LogP contribution in [0, 0.1) is 17.5 Å². The van der Waals surface area contributed by atoms with Gasteiger partial charge in [0.15, 0.2) is 17.5 Å². The summed E-state index contributed by atoms with van der Waals surface area (Å²) in [6.07, 6.45) is 0.833. The zero-order valence-electron chi connectivity index (χ0n) is 14.6. The van der Waals surface area contributed by atoms with Crippen LogP contribution >= 0.6 is 0 Å². The average molecular weight is 377 g/mol. The van der Waals surface area contributed by atoms with Crippen LogP contribution < -0.4 is 15.5 Å². The van der Waals surface area contributed by atoms with E-state index in [0.29, 0.717) is 6.07 Å². The third-order valence-electron chi connectivity index (χ3n) is 4.42. The van der Waals surface area contributed by atoms with Gasteiger partial charge in [0.1, 0.15) is 0 Å². The highest BCUT2D eigenvalue weighted by Gasteiger charge is 2.27. The number of hydrogen-bond acceptors (Lipinski definition) is 3. The van der Waals surface area contributed by atoms with E-state index < -0.39 is 35.6 Å². The van der Waals surface area contributed by atoms with Gasteiger partial charge >= 0.3 is 0 Å². The lowest BCUT2D eigenvalue weighted by atomic mass is 10.1. The third-order valence-corrected chi connectivity index (χ3v) is 4.42. The molecule has 1 aliphatic rings. The molecule has 0 fully saturated rings. The van der Waals surface area contributed by atoms with Crippen molar-refractivity contribution in [3.63, 3.8) is 0 Å². The molecule has 27 heavy (non-hydrogen) atoms. The second-order valence-corrected chi connectivity index (χ2v) is 6.36. The molecule has 2 aromatic rings. The van der Waals surface area contributed by atoms with Crippen molar-refractivity contribution in [1.82, 2.24) is 5.32 Å². The summed E-state index contributed by atoms with van der Waals surface area (Å²) in [5.41, 5.74) is 1.65. The van der Waals surface area contributed by atoms with E-state index >= 15 is 0 Å². The predicted molar refractivity (Wildman–Crippen MR) is 94.9 cm³/mol. The summed E-state index contributed by atoms with van der Waals surface area (Å²) in [4.78, 5) is 25.9. The van der Waals surface area contributed by atoms with Crippen LogP contribution in [0.3, 0.4) is 0 Å². The number of carbonyl (C=O) groups is 2. The molecule has 0 saturated heterocycles. The van der Waals surface area contributed by atoms with Gasteiger partial charge in [-0.05, 0) is 37.1 Å². The minimum atomic E-state index is -1.67. The molecule has 8 heteroatoms. The standard InChI is InChI=1S/C19H18F3N3O2/c1-11-8-12-4-2-3-5-15(12)25(11)10-17(27)23-9-16(26)24-14-7-6-13(20)18(21)19(14)22/h2-7,11H,8-10H2,1H3,(H,23,27)(H,24,26)/t11-/m0/s1. The van der Waals surface area contributed by atoms with Gasteiger partial charge in [0, 0.05) is 11.7 Å². The first-order chi connectivity index (χ1) is 12.9. The van der Waals surface area contributed by atoms with E-state index in [-0.39, 0.29) is 18.5 Å². The Bertz CT molecular complexity index is 888. The molecule has 0 radical (unpaired) electrons. The molecule has 0 aromatic heterocycles. The third kappa shape index (κ3) is 4.05. The second-order valence-electron chi connectivity index (χ2n) is 6.36. The van der Waals surface area contributed by atoms with Gasteiger partial charge in [-0.3, -0.25) is 9.59 Å². The number of nitrogens with zero attached hydrogens (tertiary/aromatic N) is 1. The highest BCUT2D eigenvalue weighted by Crippen LogP contribution is 2.31. The summed E-state index contributed by atoms with van der Waals surface area (Å²) in [7, 11) is 0. The Balaban J connectivity index is 1.54. The van der Waals surface area contributed by atoms with Crippen LogP contribution in [0.4, 0.5) is 24.5 Å². The zero-order valence-corrected chi connectivity index (χ0v) is 14.6. The molecule has 142 valence electrons. The molecule has 2 N–H and O–H groups in total. The number of halogens is 3. The Kier molecular flexibility index (Phi) is 5.34. The minimum Gasteiger partial charge on any atom is -0.359 e. The Labute approximate surface area is 154 Å².